The zero-order valence-corrected chi connectivity index (χ0v) is 19.0. The maximum atomic E-state index is 5.99. The van der Waals surface area contributed by atoms with Crippen LogP contribution in [-0.2, 0) is 0 Å². The molecule has 0 saturated carbocycles. The molecule has 0 N–H and O–H groups in total. The maximum Gasteiger partial charge on any atom is 0.0527 e. The van der Waals surface area contributed by atoms with Crippen LogP contribution in [0.3, 0.4) is 0 Å². The fourth-order valence-electron chi connectivity index (χ4n) is 3.94. The van der Waals surface area contributed by atoms with E-state index in [0.717, 1.165) is 22.4 Å². The Morgan fingerprint density at radius 2 is 1.34 bits per heavy atom. The number of rotatable bonds is 6. The Morgan fingerprint density at radius 3 is 2.00 bits per heavy atom. The fraction of sp³-hybridized carbons (Fsp3) is 0.250. The molecule has 0 fully saturated rings. The molecule has 1 atom stereocenters. The van der Waals surface area contributed by atoms with Crippen molar-refractivity contribution in [3.05, 3.63) is 112 Å². The molecule has 0 aliphatic heterocycles. The van der Waals surface area contributed by atoms with E-state index >= 15 is 0 Å². The summed E-state index contributed by atoms with van der Waals surface area (Å²) in [4.78, 5) is 0.939. The average Bonchev–Trinajstić information content (AvgIpc) is 2.74. The number of benzene rings is 3. The largest absolute Gasteiger partial charge is 0.0905 e. The van der Waals surface area contributed by atoms with Crippen LogP contribution in [0.15, 0.2) is 67.2 Å². The van der Waals surface area contributed by atoms with Gasteiger partial charge in [0, 0.05) is 0 Å². The molecule has 0 amide bonds. The smallest absolute Gasteiger partial charge is 0.0527 e. The first-order valence-corrected chi connectivity index (χ1v) is 10.8. The molecule has 0 aliphatic carbocycles. The minimum atomic E-state index is 0.491. The van der Waals surface area contributed by atoms with Gasteiger partial charge in [-0.1, -0.05) is 87.2 Å². The molecule has 0 aliphatic rings. The number of hydrogen-bond donors (Lipinski definition) is 0. The summed E-state index contributed by atoms with van der Waals surface area (Å²) in [6, 6.07) is 21.5. The van der Waals surface area contributed by atoms with Crippen molar-refractivity contribution in [2.75, 3.05) is 0 Å². The molecule has 3 aromatic carbocycles. The normalized spacial score (nSPS) is 11.9. The second-order valence-electron chi connectivity index (χ2n) is 8.00. The standard InChI is InChI=1S/C28H30S/c1-7-18(2)24-14-10-11-15-25(24)28(29)27-17-20(4)26(16-21(27)5)22(6)23-13-9-8-12-19(23)3/h8-18H,6-7H2,1-5H3. The van der Waals surface area contributed by atoms with E-state index in [9.17, 15) is 0 Å². The minimum absolute atomic E-state index is 0.491. The summed E-state index contributed by atoms with van der Waals surface area (Å²) in [5.74, 6) is 0.491. The molecule has 0 spiro atoms. The van der Waals surface area contributed by atoms with Gasteiger partial charge in [-0.3, -0.25) is 0 Å². The van der Waals surface area contributed by atoms with E-state index in [2.05, 4.69) is 102 Å². The molecule has 148 valence electrons. The van der Waals surface area contributed by atoms with Gasteiger partial charge in [-0.05, 0) is 89.3 Å². The van der Waals surface area contributed by atoms with E-state index < -0.39 is 0 Å². The van der Waals surface area contributed by atoms with Crippen molar-refractivity contribution in [3.63, 3.8) is 0 Å². The summed E-state index contributed by atoms with van der Waals surface area (Å²) in [7, 11) is 0. The molecule has 1 unspecified atom stereocenters. The summed E-state index contributed by atoms with van der Waals surface area (Å²) in [6.07, 6.45) is 1.10. The average molecular weight is 399 g/mol. The Balaban J connectivity index is 2.04. The predicted octanol–water partition coefficient (Wildman–Crippen LogP) is 7.95. The molecule has 0 radical (unpaired) electrons. The lowest BCUT2D eigenvalue weighted by Crippen LogP contribution is -2.09. The van der Waals surface area contributed by atoms with Crippen LogP contribution in [-0.4, -0.2) is 4.86 Å². The second-order valence-corrected chi connectivity index (χ2v) is 8.41. The number of hydrogen-bond acceptors (Lipinski definition) is 1. The second kappa shape index (κ2) is 8.88. The van der Waals surface area contributed by atoms with Gasteiger partial charge in [0.15, 0.2) is 0 Å². The van der Waals surface area contributed by atoms with Crippen molar-refractivity contribution >= 4 is 22.7 Å². The van der Waals surface area contributed by atoms with Crippen molar-refractivity contribution in [3.8, 4) is 0 Å². The van der Waals surface area contributed by atoms with Crippen molar-refractivity contribution in [2.24, 2.45) is 0 Å². The molecule has 0 heterocycles. The van der Waals surface area contributed by atoms with Gasteiger partial charge in [-0.15, -0.1) is 0 Å². The highest BCUT2D eigenvalue weighted by Gasteiger charge is 2.17. The van der Waals surface area contributed by atoms with Crippen molar-refractivity contribution in [1.29, 1.82) is 0 Å². The topological polar surface area (TPSA) is 0 Å². The van der Waals surface area contributed by atoms with E-state index in [1.165, 1.54) is 38.9 Å². The first-order valence-electron chi connectivity index (χ1n) is 10.3. The zero-order valence-electron chi connectivity index (χ0n) is 18.2. The molecule has 0 nitrogen and oxygen atoms in total. The zero-order chi connectivity index (χ0) is 21.1. The predicted molar refractivity (Wildman–Crippen MR) is 131 cm³/mol. The van der Waals surface area contributed by atoms with Crippen LogP contribution < -0.4 is 0 Å². The Hall–Kier alpha value is -2.51. The van der Waals surface area contributed by atoms with E-state index in [1.54, 1.807) is 0 Å². The van der Waals surface area contributed by atoms with E-state index in [0.29, 0.717) is 5.92 Å². The van der Waals surface area contributed by atoms with E-state index in [-0.39, 0.29) is 0 Å². The summed E-state index contributed by atoms with van der Waals surface area (Å²) in [6.45, 7) is 15.4. The van der Waals surface area contributed by atoms with Crippen molar-refractivity contribution in [1.82, 2.24) is 0 Å². The first kappa shape index (κ1) is 21.2. The van der Waals surface area contributed by atoms with Gasteiger partial charge in [-0.2, -0.15) is 0 Å². The highest BCUT2D eigenvalue weighted by molar-refractivity contribution is 7.81. The van der Waals surface area contributed by atoms with Crippen LogP contribution in [0.5, 0.6) is 0 Å². The number of thiocarbonyl (C=S) groups is 1. The molecule has 1 heteroatoms. The lowest BCUT2D eigenvalue weighted by molar-refractivity contribution is 0.732. The van der Waals surface area contributed by atoms with E-state index in [1.807, 2.05) is 0 Å². The van der Waals surface area contributed by atoms with Crippen LogP contribution in [0.4, 0.5) is 0 Å². The monoisotopic (exact) mass is 398 g/mol. The molecule has 3 rings (SSSR count). The van der Waals surface area contributed by atoms with Crippen LogP contribution >= 0.6 is 12.2 Å². The van der Waals surface area contributed by atoms with Gasteiger partial charge in [0.2, 0.25) is 0 Å². The summed E-state index contributed by atoms with van der Waals surface area (Å²) in [5, 5.41) is 0. The third-order valence-corrected chi connectivity index (χ3v) is 6.40. The molecule has 0 saturated heterocycles. The third kappa shape index (κ3) is 4.26. The SMILES string of the molecule is C=C(c1ccccc1C)c1cc(C)c(C(=S)c2ccccc2C(C)CC)cc1C. The third-order valence-electron chi connectivity index (χ3n) is 5.96. The Labute approximate surface area is 181 Å². The fourth-order valence-corrected chi connectivity index (χ4v) is 4.35. The minimum Gasteiger partial charge on any atom is -0.0905 e. The van der Waals surface area contributed by atoms with Crippen LogP contribution in [0, 0.1) is 20.8 Å². The molecule has 0 aromatic heterocycles. The molecular formula is C28H30S. The Morgan fingerprint density at radius 1 is 0.793 bits per heavy atom. The molecule has 0 bridgehead atoms. The van der Waals surface area contributed by atoms with Crippen molar-refractivity contribution in [2.45, 2.75) is 47.0 Å². The Kier molecular flexibility index (Phi) is 6.49. The van der Waals surface area contributed by atoms with Crippen LogP contribution in [0.1, 0.15) is 70.7 Å². The first-order chi connectivity index (χ1) is 13.8. The van der Waals surface area contributed by atoms with Gasteiger partial charge in [0.1, 0.15) is 0 Å². The lowest BCUT2D eigenvalue weighted by atomic mass is 9.86. The van der Waals surface area contributed by atoms with Crippen LogP contribution in [0.2, 0.25) is 0 Å². The summed E-state index contributed by atoms with van der Waals surface area (Å²) < 4.78 is 0. The van der Waals surface area contributed by atoms with Gasteiger partial charge in [0.05, 0.1) is 4.86 Å². The van der Waals surface area contributed by atoms with Gasteiger partial charge in [0.25, 0.3) is 0 Å². The number of aryl methyl sites for hydroxylation is 3. The maximum absolute atomic E-state index is 5.99. The highest BCUT2D eigenvalue weighted by Crippen LogP contribution is 2.31. The Bertz CT molecular complexity index is 1070. The summed E-state index contributed by atoms with van der Waals surface area (Å²) >= 11 is 5.99. The van der Waals surface area contributed by atoms with Crippen LogP contribution in [0.25, 0.3) is 5.57 Å². The van der Waals surface area contributed by atoms with Crippen molar-refractivity contribution < 1.29 is 0 Å². The quantitative estimate of drug-likeness (QED) is 0.300. The molecular weight excluding hydrogens is 368 g/mol. The lowest BCUT2D eigenvalue weighted by Gasteiger charge is -2.19. The van der Waals surface area contributed by atoms with Gasteiger partial charge in [-0.25, -0.2) is 0 Å². The summed E-state index contributed by atoms with van der Waals surface area (Å²) in [5.41, 5.74) is 10.8. The van der Waals surface area contributed by atoms with Gasteiger partial charge < -0.3 is 0 Å². The van der Waals surface area contributed by atoms with Gasteiger partial charge >= 0.3 is 0 Å². The molecule has 29 heavy (non-hydrogen) atoms. The molecule has 3 aromatic rings. The van der Waals surface area contributed by atoms with E-state index in [4.69, 9.17) is 12.2 Å². The highest BCUT2D eigenvalue weighted by atomic mass is 32.1.